The Morgan fingerprint density at radius 3 is 2.59 bits per heavy atom. The van der Waals surface area contributed by atoms with Gasteiger partial charge in [0, 0.05) is 44.4 Å². The average molecular weight is 463 g/mol. The molecule has 8 nitrogen and oxygen atoms in total. The van der Waals surface area contributed by atoms with Crippen molar-refractivity contribution in [1.82, 2.24) is 20.0 Å². The van der Waals surface area contributed by atoms with E-state index in [0.717, 1.165) is 27.9 Å². The van der Waals surface area contributed by atoms with Crippen molar-refractivity contribution in [2.24, 2.45) is 7.05 Å². The highest BCUT2D eigenvalue weighted by molar-refractivity contribution is 5.94. The topological polar surface area (TPSA) is 85.7 Å². The molecule has 0 saturated carbocycles. The minimum Gasteiger partial charge on any atom is -0.493 e. The zero-order valence-electron chi connectivity index (χ0n) is 20.1. The monoisotopic (exact) mass is 462 g/mol. The Morgan fingerprint density at radius 2 is 1.85 bits per heavy atom. The van der Waals surface area contributed by atoms with Gasteiger partial charge in [-0.1, -0.05) is 35.9 Å². The van der Waals surface area contributed by atoms with Crippen molar-refractivity contribution in [3.8, 4) is 11.5 Å². The molecule has 0 atom stereocenters. The van der Waals surface area contributed by atoms with Crippen LogP contribution in [-0.2, 0) is 37.8 Å². The lowest BCUT2D eigenvalue weighted by Gasteiger charge is -2.28. The van der Waals surface area contributed by atoms with Crippen LogP contribution in [0.2, 0.25) is 0 Å². The van der Waals surface area contributed by atoms with Gasteiger partial charge in [-0.25, -0.2) is 0 Å². The fraction of sp³-hybridized carbons (Fsp3) is 0.346. The van der Waals surface area contributed by atoms with Gasteiger partial charge < -0.3 is 19.7 Å². The molecule has 3 aromatic rings. The number of hydrogen-bond acceptors (Lipinski definition) is 5. The summed E-state index contributed by atoms with van der Waals surface area (Å²) in [6.45, 7) is 3.40. The summed E-state index contributed by atoms with van der Waals surface area (Å²) in [6.07, 6.45) is 0.895. The van der Waals surface area contributed by atoms with Crippen molar-refractivity contribution >= 4 is 11.8 Å². The number of nitrogens with one attached hydrogen (secondary N) is 1. The van der Waals surface area contributed by atoms with Crippen LogP contribution in [0.5, 0.6) is 11.5 Å². The molecule has 1 aromatic heterocycles. The van der Waals surface area contributed by atoms with Crippen molar-refractivity contribution < 1.29 is 19.1 Å². The summed E-state index contributed by atoms with van der Waals surface area (Å²) in [5, 5.41) is 7.45. The number of hydrogen-bond donors (Lipinski definition) is 1. The van der Waals surface area contributed by atoms with Crippen LogP contribution in [0.4, 0.5) is 0 Å². The Labute approximate surface area is 199 Å². The number of ether oxygens (including phenoxy) is 2. The van der Waals surface area contributed by atoms with Gasteiger partial charge in [0.05, 0.1) is 20.6 Å². The summed E-state index contributed by atoms with van der Waals surface area (Å²) in [4.78, 5) is 27.8. The molecule has 34 heavy (non-hydrogen) atoms. The highest BCUT2D eigenvalue weighted by Crippen LogP contribution is 2.28. The summed E-state index contributed by atoms with van der Waals surface area (Å²) in [6, 6.07) is 13.5. The van der Waals surface area contributed by atoms with E-state index in [1.165, 1.54) is 0 Å². The second-order valence-electron chi connectivity index (χ2n) is 8.50. The quantitative estimate of drug-likeness (QED) is 0.584. The molecule has 8 heteroatoms. The third kappa shape index (κ3) is 4.90. The van der Waals surface area contributed by atoms with Gasteiger partial charge in [-0.15, -0.1) is 0 Å². The molecule has 0 fully saturated rings. The summed E-state index contributed by atoms with van der Waals surface area (Å²) < 4.78 is 12.4. The molecule has 0 bridgehead atoms. The van der Waals surface area contributed by atoms with Crippen LogP contribution in [0, 0.1) is 6.92 Å². The number of carbonyl (C=O) groups excluding carboxylic acids is 2. The molecular weight excluding hydrogens is 432 g/mol. The molecule has 4 rings (SSSR count). The number of rotatable bonds is 7. The maximum Gasteiger partial charge on any atom is 0.272 e. The SMILES string of the molecule is COc1ccc(CC(=O)N2CCc3c(c(C(=O)NCc4cccc(C)c4)nn3C)C2)cc1OC. The fourth-order valence-electron chi connectivity index (χ4n) is 4.35. The number of carbonyl (C=O) groups is 2. The van der Waals surface area contributed by atoms with Gasteiger partial charge in [0.15, 0.2) is 17.2 Å². The smallest absolute Gasteiger partial charge is 0.272 e. The molecule has 2 aromatic carbocycles. The fourth-order valence-corrected chi connectivity index (χ4v) is 4.35. The Hall–Kier alpha value is -3.81. The number of aryl methyl sites for hydroxylation is 2. The number of amides is 2. The second kappa shape index (κ2) is 9.99. The maximum atomic E-state index is 13.1. The third-order valence-corrected chi connectivity index (χ3v) is 6.15. The van der Waals surface area contributed by atoms with Crippen LogP contribution in [-0.4, -0.2) is 47.3 Å². The molecule has 1 aliphatic heterocycles. The average Bonchev–Trinajstić information content (AvgIpc) is 3.18. The van der Waals surface area contributed by atoms with E-state index in [9.17, 15) is 9.59 Å². The van der Waals surface area contributed by atoms with E-state index in [1.54, 1.807) is 29.9 Å². The maximum absolute atomic E-state index is 13.1. The van der Waals surface area contributed by atoms with E-state index in [-0.39, 0.29) is 18.2 Å². The van der Waals surface area contributed by atoms with Crippen LogP contribution in [0.15, 0.2) is 42.5 Å². The first-order valence-electron chi connectivity index (χ1n) is 11.3. The summed E-state index contributed by atoms with van der Waals surface area (Å²) in [7, 11) is 5.00. The van der Waals surface area contributed by atoms with Crippen LogP contribution < -0.4 is 14.8 Å². The first kappa shape index (κ1) is 23.4. The van der Waals surface area contributed by atoms with Gasteiger partial charge in [0.25, 0.3) is 5.91 Å². The van der Waals surface area contributed by atoms with Crippen LogP contribution in [0.1, 0.15) is 38.4 Å². The Balaban J connectivity index is 1.46. The molecule has 0 unspecified atom stereocenters. The minimum atomic E-state index is -0.229. The molecule has 1 aliphatic rings. The predicted octanol–water partition coefficient (Wildman–Crippen LogP) is 2.80. The van der Waals surface area contributed by atoms with Crippen LogP contribution >= 0.6 is 0 Å². The zero-order valence-corrected chi connectivity index (χ0v) is 20.1. The second-order valence-corrected chi connectivity index (χ2v) is 8.50. The molecule has 0 spiro atoms. The van der Waals surface area contributed by atoms with E-state index in [2.05, 4.69) is 10.4 Å². The lowest BCUT2D eigenvalue weighted by Crippen LogP contribution is -2.38. The van der Waals surface area contributed by atoms with E-state index in [1.807, 2.05) is 50.4 Å². The van der Waals surface area contributed by atoms with Crippen molar-refractivity contribution in [2.45, 2.75) is 32.9 Å². The molecule has 178 valence electrons. The Kier molecular flexibility index (Phi) is 6.86. The third-order valence-electron chi connectivity index (χ3n) is 6.15. The van der Waals surface area contributed by atoms with Gasteiger partial charge in [-0.2, -0.15) is 5.10 Å². The first-order chi connectivity index (χ1) is 16.4. The molecule has 0 aliphatic carbocycles. The van der Waals surface area contributed by atoms with Gasteiger partial charge in [0.2, 0.25) is 5.91 Å². The van der Waals surface area contributed by atoms with Crippen LogP contribution in [0.25, 0.3) is 0 Å². The standard InChI is InChI=1S/C26H30N4O4/c1-17-6-5-7-19(12-17)15-27-26(32)25-20-16-30(11-10-21(20)29(2)28-25)24(31)14-18-8-9-22(33-3)23(13-18)34-4/h5-9,12-13H,10-11,14-16H2,1-4H3,(H,27,32). The van der Waals surface area contributed by atoms with E-state index >= 15 is 0 Å². The molecule has 2 heterocycles. The summed E-state index contributed by atoms with van der Waals surface area (Å²) in [5.74, 6) is 0.979. The lowest BCUT2D eigenvalue weighted by molar-refractivity contribution is -0.131. The minimum absolute atomic E-state index is 0.00663. The summed E-state index contributed by atoms with van der Waals surface area (Å²) >= 11 is 0. The number of aromatic nitrogens is 2. The molecule has 0 radical (unpaired) electrons. The Morgan fingerprint density at radius 1 is 1.06 bits per heavy atom. The molecule has 0 saturated heterocycles. The number of nitrogens with zero attached hydrogens (tertiary/aromatic N) is 3. The van der Waals surface area contributed by atoms with Crippen molar-refractivity contribution in [1.29, 1.82) is 0 Å². The van der Waals surface area contributed by atoms with Crippen LogP contribution in [0.3, 0.4) is 0 Å². The van der Waals surface area contributed by atoms with E-state index in [0.29, 0.717) is 43.2 Å². The Bertz CT molecular complexity index is 1220. The summed E-state index contributed by atoms with van der Waals surface area (Å²) in [5.41, 5.74) is 5.21. The first-order valence-corrected chi connectivity index (χ1v) is 11.3. The highest BCUT2D eigenvalue weighted by atomic mass is 16.5. The predicted molar refractivity (Wildman–Crippen MR) is 128 cm³/mol. The van der Waals surface area contributed by atoms with E-state index in [4.69, 9.17) is 9.47 Å². The highest BCUT2D eigenvalue weighted by Gasteiger charge is 2.29. The number of benzene rings is 2. The van der Waals surface area contributed by atoms with Gasteiger partial charge in [-0.05, 0) is 30.2 Å². The normalized spacial score (nSPS) is 12.8. The van der Waals surface area contributed by atoms with Gasteiger partial charge in [0.1, 0.15) is 0 Å². The number of fused-ring (bicyclic) bond motifs is 1. The van der Waals surface area contributed by atoms with Crippen molar-refractivity contribution in [2.75, 3.05) is 20.8 Å². The van der Waals surface area contributed by atoms with Gasteiger partial charge in [-0.3, -0.25) is 14.3 Å². The number of methoxy groups -OCH3 is 2. The zero-order chi connectivity index (χ0) is 24.2. The molecular formula is C26H30N4O4. The molecule has 2 amide bonds. The van der Waals surface area contributed by atoms with Crippen molar-refractivity contribution in [3.63, 3.8) is 0 Å². The lowest BCUT2D eigenvalue weighted by atomic mass is 10.0. The largest absolute Gasteiger partial charge is 0.493 e. The van der Waals surface area contributed by atoms with Crippen molar-refractivity contribution in [3.05, 3.63) is 76.1 Å². The van der Waals surface area contributed by atoms with E-state index < -0.39 is 0 Å². The molecule has 1 N–H and O–H groups in total. The van der Waals surface area contributed by atoms with Gasteiger partial charge >= 0.3 is 0 Å².